The Labute approximate surface area is 103 Å². The van der Waals surface area contributed by atoms with Gasteiger partial charge in [0.1, 0.15) is 5.82 Å². The van der Waals surface area contributed by atoms with Crippen LogP contribution in [0.4, 0.5) is 18.9 Å². The first kappa shape index (κ1) is 14.5. The Morgan fingerprint density at radius 2 is 2.11 bits per heavy atom. The highest BCUT2D eigenvalue weighted by atomic mass is 19.3. The van der Waals surface area contributed by atoms with E-state index in [2.05, 4.69) is 0 Å². The van der Waals surface area contributed by atoms with Crippen LogP contribution in [0, 0.1) is 5.82 Å². The van der Waals surface area contributed by atoms with Crippen molar-refractivity contribution in [3.05, 3.63) is 29.6 Å². The Kier molecular flexibility index (Phi) is 5.15. The monoisotopic (exact) mass is 261 g/mol. The molecule has 0 aliphatic rings. The second-order valence-corrected chi connectivity index (χ2v) is 3.75. The van der Waals surface area contributed by atoms with Crippen molar-refractivity contribution in [2.75, 3.05) is 24.6 Å². The summed E-state index contributed by atoms with van der Waals surface area (Å²) in [5.41, 5.74) is -0.150. The summed E-state index contributed by atoms with van der Waals surface area (Å²) in [6.45, 7) is -0.0660. The van der Waals surface area contributed by atoms with E-state index >= 15 is 0 Å². The molecule has 1 N–H and O–H groups in total. The molecule has 0 radical (unpaired) electrons. The number of carbonyl (C=O) groups is 1. The fourth-order valence-electron chi connectivity index (χ4n) is 1.70. The van der Waals surface area contributed by atoms with Crippen molar-refractivity contribution in [3.8, 4) is 0 Å². The number of ketones is 1. The summed E-state index contributed by atoms with van der Waals surface area (Å²) in [5, 5.41) is 8.84. The number of anilines is 1. The first-order valence-corrected chi connectivity index (χ1v) is 5.40. The highest BCUT2D eigenvalue weighted by molar-refractivity contribution is 5.99. The number of aliphatic hydroxyl groups is 1. The van der Waals surface area contributed by atoms with Crippen LogP contribution in [-0.4, -0.2) is 37.0 Å². The molecule has 0 atom stereocenters. The predicted octanol–water partition coefficient (Wildman–Crippen LogP) is 2.09. The summed E-state index contributed by atoms with van der Waals surface area (Å²) in [6, 6.07) is 3.81. The average molecular weight is 261 g/mol. The third-order valence-corrected chi connectivity index (χ3v) is 2.41. The van der Waals surface area contributed by atoms with E-state index in [-0.39, 0.29) is 17.8 Å². The lowest BCUT2D eigenvalue weighted by atomic mass is 10.1. The van der Waals surface area contributed by atoms with Gasteiger partial charge in [0.25, 0.3) is 6.43 Å². The van der Waals surface area contributed by atoms with Gasteiger partial charge >= 0.3 is 0 Å². The Morgan fingerprint density at radius 1 is 1.44 bits per heavy atom. The SMILES string of the molecule is CC(=O)c1cccc(F)c1N(CCO)CC(F)F. The zero-order valence-corrected chi connectivity index (χ0v) is 9.87. The molecular formula is C12H14F3NO2. The number of hydrogen-bond donors (Lipinski definition) is 1. The normalized spacial score (nSPS) is 10.8. The fraction of sp³-hybridized carbons (Fsp3) is 0.417. The van der Waals surface area contributed by atoms with E-state index in [1.54, 1.807) is 0 Å². The van der Waals surface area contributed by atoms with Gasteiger partial charge < -0.3 is 10.0 Å². The number of aliphatic hydroxyl groups excluding tert-OH is 1. The molecule has 1 aromatic rings. The molecule has 0 heterocycles. The maximum Gasteiger partial charge on any atom is 0.255 e. The molecule has 1 rings (SSSR count). The van der Waals surface area contributed by atoms with Gasteiger partial charge in [-0.1, -0.05) is 6.07 Å². The number of halogens is 3. The minimum absolute atomic E-state index is 0.0316. The molecule has 100 valence electrons. The number of Topliss-reactive ketones (excluding diaryl/α,β-unsaturated/α-hetero) is 1. The lowest BCUT2D eigenvalue weighted by Crippen LogP contribution is -2.33. The molecule has 0 aliphatic carbocycles. The number of nitrogens with zero attached hydrogens (tertiary/aromatic N) is 1. The first-order chi connectivity index (χ1) is 8.47. The molecule has 0 saturated carbocycles. The molecule has 18 heavy (non-hydrogen) atoms. The Morgan fingerprint density at radius 3 is 2.61 bits per heavy atom. The summed E-state index contributed by atoms with van der Waals surface area (Å²) in [4.78, 5) is 12.4. The maximum absolute atomic E-state index is 13.7. The third-order valence-electron chi connectivity index (χ3n) is 2.41. The zero-order chi connectivity index (χ0) is 13.7. The predicted molar refractivity (Wildman–Crippen MR) is 61.7 cm³/mol. The molecule has 0 fully saturated rings. The molecule has 6 heteroatoms. The van der Waals surface area contributed by atoms with Crippen LogP contribution in [0.5, 0.6) is 0 Å². The van der Waals surface area contributed by atoms with Crippen LogP contribution in [0.2, 0.25) is 0 Å². The van der Waals surface area contributed by atoms with Crippen molar-refractivity contribution < 1.29 is 23.1 Å². The number of para-hydroxylation sites is 1. The highest BCUT2D eigenvalue weighted by Gasteiger charge is 2.20. The van der Waals surface area contributed by atoms with Crippen molar-refractivity contribution >= 4 is 11.5 Å². The Balaban J connectivity index is 3.20. The number of hydrogen-bond acceptors (Lipinski definition) is 3. The van der Waals surface area contributed by atoms with Crippen LogP contribution < -0.4 is 4.90 Å². The highest BCUT2D eigenvalue weighted by Crippen LogP contribution is 2.25. The zero-order valence-electron chi connectivity index (χ0n) is 9.87. The van der Waals surface area contributed by atoms with Crippen LogP contribution in [-0.2, 0) is 0 Å². The molecule has 0 aliphatic heterocycles. The molecule has 0 spiro atoms. The fourth-order valence-corrected chi connectivity index (χ4v) is 1.70. The summed E-state index contributed by atoms with van der Waals surface area (Å²) in [7, 11) is 0. The minimum Gasteiger partial charge on any atom is -0.395 e. The molecule has 0 bridgehead atoms. The molecule has 0 saturated heterocycles. The van der Waals surface area contributed by atoms with Gasteiger partial charge in [0, 0.05) is 12.1 Å². The molecule has 0 unspecified atom stereocenters. The summed E-state index contributed by atoms with van der Waals surface area (Å²) >= 11 is 0. The van der Waals surface area contributed by atoms with Crippen LogP contribution in [0.15, 0.2) is 18.2 Å². The van der Waals surface area contributed by atoms with Crippen LogP contribution in [0.1, 0.15) is 17.3 Å². The van der Waals surface area contributed by atoms with Gasteiger partial charge in [-0.15, -0.1) is 0 Å². The van der Waals surface area contributed by atoms with Gasteiger partial charge in [-0.3, -0.25) is 4.79 Å². The Hall–Kier alpha value is -1.56. The standard InChI is InChI=1S/C12H14F3NO2/c1-8(18)9-3-2-4-10(13)12(9)16(5-6-17)7-11(14)15/h2-4,11,17H,5-7H2,1H3. The van der Waals surface area contributed by atoms with E-state index in [1.807, 2.05) is 0 Å². The van der Waals surface area contributed by atoms with Gasteiger partial charge in [0.15, 0.2) is 5.78 Å². The summed E-state index contributed by atoms with van der Waals surface area (Å²) in [5.74, 6) is -1.17. The summed E-state index contributed by atoms with van der Waals surface area (Å²) in [6.07, 6.45) is -2.68. The van der Waals surface area contributed by atoms with E-state index in [0.29, 0.717) is 0 Å². The van der Waals surface area contributed by atoms with E-state index in [9.17, 15) is 18.0 Å². The molecule has 3 nitrogen and oxygen atoms in total. The average Bonchev–Trinajstić information content (AvgIpc) is 2.27. The van der Waals surface area contributed by atoms with Gasteiger partial charge in [-0.2, -0.15) is 0 Å². The second-order valence-electron chi connectivity index (χ2n) is 3.75. The number of alkyl halides is 2. The van der Waals surface area contributed by atoms with Crippen LogP contribution in [0.3, 0.4) is 0 Å². The van der Waals surface area contributed by atoms with E-state index in [4.69, 9.17) is 5.11 Å². The third kappa shape index (κ3) is 3.46. The van der Waals surface area contributed by atoms with Crippen LogP contribution >= 0.6 is 0 Å². The molecular weight excluding hydrogens is 247 g/mol. The smallest absolute Gasteiger partial charge is 0.255 e. The van der Waals surface area contributed by atoms with Gasteiger partial charge in [-0.05, 0) is 19.1 Å². The largest absolute Gasteiger partial charge is 0.395 e. The quantitative estimate of drug-likeness (QED) is 0.797. The van der Waals surface area contributed by atoms with Crippen molar-refractivity contribution in [1.29, 1.82) is 0 Å². The van der Waals surface area contributed by atoms with Crippen molar-refractivity contribution in [1.82, 2.24) is 0 Å². The molecule has 1 aromatic carbocycles. The van der Waals surface area contributed by atoms with Crippen molar-refractivity contribution in [2.24, 2.45) is 0 Å². The van der Waals surface area contributed by atoms with Gasteiger partial charge in [0.2, 0.25) is 0 Å². The number of carbonyl (C=O) groups excluding carboxylic acids is 1. The van der Waals surface area contributed by atoms with Crippen molar-refractivity contribution in [2.45, 2.75) is 13.3 Å². The summed E-state index contributed by atoms with van der Waals surface area (Å²) < 4.78 is 38.6. The van der Waals surface area contributed by atoms with Crippen LogP contribution in [0.25, 0.3) is 0 Å². The first-order valence-electron chi connectivity index (χ1n) is 5.40. The van der Waals surface area contributed by atoms with E-state index in [0.717, 1.165) is 11.0 Å². The Bertz CT molecular complexity index is 424. The molecule has 0 amide bonds. The lowest BCUT2D eigenvalue weighted by molar-refractivity contribution is 0.101. The lowest BCUT2D eigenvalue weighted by Gasteiger charge is -2.25. The number of rotatable bonds is 6. The topological polar surface area (TPSA) is 40.5 Å². The second kappa shape index (κ2) is 6.39. The molecule has 0 aromatic heterocycles. The van der Waals surface area contributed by atoms with E-state index < -0.39 is 31.2 Å². The van der Waals surface area contributed by atoms with Crippen molar-refractivity contribution in [3.63, 3.8) is 0 Å². The van der Waals surface area contributed by atoms with Gasteiger partial charge in [-0.25, -0.2) is 13.2 Å². The van der Waals surface area contributed by atoms with Gasteiger partial charge in [0.05, 0.1) is 18.8 Å². The van der Waals surface area contributed by atoms with E-state index in [1.165, 1.54) is 19.1 Å². The maximum atomic E-state index is 13.7. The number of benzene rings is 1. The minimum atomic E-state index is -2.68.